The fraction of sp³-hybridized carbons (Fsp3) is 1.00. The van der Waals surface area contributed by atoms with Crippen LogP contribution in [0.1, 0.15) is 53.4 Å². The zero-order valence-electron chi connectivity index (χ0n) is 10.7. The van der Waals surface area contributed by atoms with E-state index in [1.807, 2.05) is 0 Å². The predicted molar refractivity (Wildman–Crippen MR) is 70.3 cm³/mol. The molecule has 0 aromatic heterocycles. The van der Waals surface area contributed by atoms with E-state index in [-0.39, 0.29) is 0 Å². The van der Waals surface area contributed by atoms with Crippen LogP contribution >= 0.6 is 11.8 Å². The molecule has 0 amide bonds. The lowest BCUT2D eigenvalue weighted by Gasteiger charge is -2.39. The molecule has 0 heterocycles. The van der Waals surface area contributed by atoms with Crippen molar-refractivity contribution in [3.05, 3.63) is 0 Å². The van der Waals surface area contributed by atoms with Crippen LogP contribution in [0.25, 0.3) is 0 Å². The Morgan fingerprint density at radius 1 is 1.00 bits per heavy atom. The topological polar surface area (TPSA) is 0 Å². The Balaban J connectivity index is 1.88. The number of hydrogen-bond donors (Lipinski definition) is 0. The number of hydrogen-bond acceptors (Lipinski definition) is 1. The van der Waals surface area contributed by atoms with Crippen LogP contribution in [0.5, 0.6) is 0 Å². The van der Waals surface area contributed by atoms with Gasteiger partial charge in [0.15, 0.2) is 0 Å². The highest BCUT2D eigenvalue weighted by molar-refractivity contribution is 8.00. The number of thioether (sulfide) groups is 1. The van der Waals surface area contributed by atoms with Gasteiger partial charge < -0.3 is 0 Å². The zero-order chi connectivity index (χ0) is 11.0. The molecule has 3 atom stereocenters. The lowest BCUT2D eigenvalue weighted by atomic mass is 9.77. The molecule has 0 nitrogen and oxygen atoms in total. The van der Waals surface area contributed by atoms with Crippen molar-refractivity contribution in [3.63, 3.8) is 0 Å². The molecule has 2 aliphatic rings. The standard InChI is InChI=1S/C14H26S/c1-9-7-10(2)14(11(3)8-9)15-12(4)13-5-6-13/h9-14H,5-8H2,1-4H3. The minimum atomic E-state index is 0.924. The second-order valence-corrected chi connectivity index (χ2v) is 7.73. The summed E-state index contributed by atoms with van der Waals surface area (Å²) in [5, 5.41) is 1.87. The van der Waals surface area contributed by atoms with Crippen molar-refractivity contribution in [2.75, 3.05) is 0 Å². The Kier molecular flexibility index (Phi) is 3.70. The summed E-state index contributed by atoms with van der Waals surface area (Å²) >= 11 is 2.31. The molecule has 2 saturated carbocycles. The maximum absolute atomic E-state index is 2.48. The summed E-state index contributed by atoms with van der Waals surface area (Å²) < 4.78 is 0. The molecule has 3 unspecified atom stereocenters. The molecule has 88 valence electrons. The molecule has 0 saturated heterocycles. The summed E-state index contributed by atoms with van der Waals surface area (Å²) in [6.45, 7) is 9.84. The first-order chi connectivity index (χ1) is 7.08. The van der Waals surface area contributed by atoms with Gasteiger partial charge in [0, 0.05) is 10.5 Å². The van der Waals surface area contributed by atoms with E-state index in [4.69, 9.17) is 0 Å². The molecule has 2 aliphatic carbocycles. The Morgan fingerprint density at radius 3 is 2.00 bits per heavy atom. The van der Waals surface area contributed by atoms with Gasteiger partial charge in [0.2, 0.25) is 0 Å². The highest BCUT2D eigenvalue weighted by atomic mass is 32.2. The largest absolute Gasteiger partial charge is 0.155 e. The summed E-state index contributed by atoms with van der Waals surface area (Å²) in [6.07, 6.45) is 5.92. The first kappa shape index (κ1) is 11.8. The van der Waals surface area contributed by atoms with Crippen molar-refractivity contribution >= 4 is 11.8 Å². The van der Waals surface area contributed by atoms with Crippen molar-refractivity contribution in [1.29, 1.82) is 0 Å². The lowest BCUT2D eigenvalue weighted by molar-refractivity contribution is 0.243. The van der Waals surface area contributed by atoms with Gasteiger partial charge in [-0.05, 0) is 49.4 Å². The molecule has 1 heteroatoms. The molecule has 0 bridgehead atoms. The molecule has 2 fully saturated rings. The first-order valence-corrected chi connectivity index (χ1v) is 7.67. The van der Waals surface area contributed by atoms with Crippen LogP contribution in [0.3, 0.4) is 0 Å². The third kappa shape index (κ3) is 2.93. The van der Waals surface area contributed by atoms with Gasteiger partial charge in [-0.25, -0.2) is 0 Å². The van der Waals surface area contributed by atoms with Gasteiger partial charge in [0.05, 0.1) is 0 Å². The fourth-order valence-electron chi connectivity index (χ4n) is 3.39. The maximum atomic E-state index is 2.48. The zero-order valence-corrected chi connectivity index (χ0v) is 11.5. The van der Waals surface area contributed by atoms with E-state index in [1.54, 1.807) is 0 Å². The average molecular weight is 226 g/mol. The molecule has 0 radical (unpaired) electrons. The Labute approximate surface area is 99.6 Å². The van der Waals surface area contributed by atoms with Crippen LogP contribution in [0, 0.1) is 23.7 Å². The van der Waals surface area contributed by atoms with Gasteiger partial charge in [-0.2, -0.15) is 11.8 Å². The molecule has 0 aromatic carbocycles. The highest BCUT2D eigenvalue weighted by Crippen LogP contribution is 2.46. The smallest absolute Gasteiger partial charge is 0.0101 e. The first-order valence-electron chi connectivity index (χ1n) is 6.73. The summed E-state index contributed by atoms with van der Waals surface area (Å²) in [6, 6.07) is 0. The van der Waals surface area contributed by atoms with Gasteiger partial charge in [0.25, 0.3) is 0 Å². The molecule has 15 heavy (non-hydrogen) atoms. The van der Waals surface area contributed by atoms with Crippen LogP contribution in [0.2, 0.25) is 0 Å². The quantitative estimate of drug-likeness (QED) is 0.678. The van der Waals surface area contributed by atoms with E-state index >= 15 is 0 Å². The third-order valence-corrected chi connectivity index (χ3v) is 6.39. The van der Waals surface area contributed by atoms with Crippen molar-refractivity contribution in [3.8, 4) is 0 Å². The van der Waals surface area contributed by atoms with E-state index < -0.39 is 0 Å². The van der Waals surface area contributed by atoms with Gasteiger partial charge >= 0.3 is 0 Å². The molecule has 0 aliphatic heterocycles. The van der Waals surface area contributed by atoms with E-state index in [1.165, 1.54) is 25.7 Å². The minimum Gasteiger partial charge on any atom is -0.155 e. The Morgan fingerprint density at radius 2 is 1.53 bits per heavy atom. The van der Waals surface area contributed by atoms with Gasteiger partial charge in [-0.3, -0.25) is 0 Å². The highest BCUT2D eigenvalue weighted by Gasteiger charge is 2.36. The maximum Gasteiger partial charge on any atom is 0.0101 e. The monoisotopic (exact) mass is 226 g/mol. The van der Waals surface area contributed by atoms with Gasteiger partial charge in [0.1, 0.15) is 0 Å². The average Bonchev–Trinajstić information content (AvgIpc) is 2.93. The van der Waals surface area contributed by atoms with Crippen LogP contribution in [-0.2, 0) is 0 Å². The Bertz CT molecular complexity index is 197. The summed E-state index contributed by atoms with van der Waals surface area (Å²) in [5.74, 6) is 3.90. The van der Waals surface area contributed by atoms with E-state index in [0.29, 0.717) is 0 Å². The van der Waals surface area contributed by atoms with Crippen molar-refractivity contribution in [2.24, 2.45) is 23.7 Å². The molecule has 0 N–H and O–H groups in total. The van der Waals surface area contributed by atoms with E-state index in [0.717, 1.165) is 34.2 Å². The normalized spacial score (nSPS) is 44.0. The minimum absolute atomic E-state index is 0.924. The molecular weight excluding hydrogens is 200 g/mol. The van der Waals surface area contributed by atoms with Crippen molar-refractivity contribution in [1.82, 2.24) is 0 Å². The van der Waals surface area contributed by atoms with Gasteiger partial charge in [-0.1, -0.05) is 27.7 Å². The molecular formula is C14H26S. The van der Waals surface area contributed by atoms with E-state index in [9.17, 15) is 0 Å². The molecule has 0 spiro atoms. The summed E-state index contributed by atoms with van der Waals surface area (Å²) in [5.41, 5.74) is 0. The summed E-state index contributed by atoms with van der Waals surface area (Å²) in [4.78, 5) is 0. The second-order valence-electron chi connectivity index (χ2n) is 6.17. The Hall–Kier alpha value is 0.350. The second kappa shape index (κ2) is 4.69. The SMILES string of the molecule is CC1CC(C)C(SC(C)C2CC2)C(C)C1. The molecule has 2 rings (SSSR count). The van der Waals surface area contributed by atoms with Crippen LogP contribution in [0.4, 0.5) is 0 Å². The van der Waals surface area contributed by atoms with Crippen molar-refractivity contribution < 1.29 is 0 Å². The predicted octanol–water partition coefficient (Wildman–Crippen LogP) is 4.59. The van der Waals surface area contributed by atoms with Crippen molar-refractivity contribution in [2.45, 2.75) is 63.9 Å². The van der Waals surface area contributed by atoms with E-state index in [2.05, 4.69) is 39.5 Å². The molecule has 0 aromatic rings. The van der Waals surface area contributed by atoms with Crippen LogP contribution in [0.15, 0.2) is 0 Å². The third-order valence-electron chi connectivity index (χ3n) is 4.33. The fourth-order valence-corrected chi connectivity index (χ4v) is 5.14. The van der Waals surface area contributed by atoms with Gasteiger partial charge in [-0.15, -0.1) is 0 Å². The summed E-state index contributed by atoms with van der Waals surface area (Å²) in [7, 11) is 0. The van der Waals surface area contributed by atoms with Crippen LogP contribution in [-0.4, -0.2) is 10.5 Å². The number of rotatable bonds is 3. The lowest BCUT2D eigenvalue weighted by Crippen LogP contribution is -2.32. The van der Waals surface area contributed by atoms with Crippen LogP contribution < -0.4 is 0 Å².